The standard InChI is InChI=1S/C9H20N2O2/c10-7-3-1-2-4-8(11)5-6-9(12)13/h8H,1-7,10-11H2,(H,12,13). The second-order valence-electron chi connectivity index (χ2n) is 3.33. The molecule has 1 unspecified atom stereocenters. The van der Waals surface area contributed by atoms with Crippen LogP contribution in [0.3, 0.4) is 0 Å². The van der Waals surface area contributed by atoms with E-state index in [2.05, 4.69) is 0 Å². The minimum absolute atomic E-state index is 0.0360. The zero-order chi connectivity index (χ0) is 10.1. The van der Waals surface area contributed by atoms with Crippen LogP contribution in [0.4, 0.5) is 0 Å². The molecule has 0 aliphatic rings. The monoisotopic (exact) mass is 188 g/mol. The van der Waals surface area contributed by atoms with Crippen molar-refractivity contribution in [2.24, 2.45) is 11.5 Å². The molecule has 4 nitrogen and oxygen atoms in total. The van der Waals surface area contributed by atoms with Crippen LogP contribution in [0.15, 0.2) is 0 Å². The van der Waals surface area contributed by atoms with E-state index in [0.29, 0.717) is 6.42 Å². The van der Waals surface area contributed by atoms with E-state index >= 15 is 0 Å². The number of aliphatic carboxylic acids is 1. The van der Waals surface area contributed by atoms with Crippen molar-refractivity contribution in [3.05, 3.63) is 0 Å². The van der Waals surface area contributed by atoms with Crippen LogP contribution in [-0.2, 0) is 4.79 Å². The topological polar surface area (TPSA) is 89.3 Å². The number of rotatable bonds is 8. The molecule has 0 rings (SSSR count). The number of hydrogen-bond acceptors (Lipinski definition) is 3. The van der Waals surface area contributed by atoms with Gasteiger partial charge in [-0.1, -0.05) is 12.8 Å². The van der Waals surface area contributed by atoms with Crippen molar-refractivity contribution in [1.82, 2.24) is 0 Å². The molecule has 0 aromatic carbocycles. The maximum absolute atomic E-state index is 10.2. The quantitative estimate of drug-likeness (QED) is 0.489. The van der Waals surface area contributed by atoms with Gasteiger partial charge < -0.3 is 16.6 Å². The zero-order valence-electron chi connectivity index (χ0n) is 8.04. The summed E-state index contributed by atoms with van der Waals surface area (Å²) in [5.74, 6) is -0.766. The minimum atomic E-state index is -0.766. The van der Waals surface area contributed by atoms with E-state index in [1.165, 1.54) is 0 Å². The molecule has 4 heteroatoms. The molecule has 13 heavy (non-hydrogen) atoms. The van der Waals surface area contributed by atoms with E-state index in [1.807, 2.05) is 0 Å². The van der Waals surface area contributed by atoms with E-state index < -0.39 is 5.97 Å². The summed E-state index contributed by atoms with van der Waals surface area (Å²) in [5.41, 5.74) is 11.0. The van der Waals surface area contributed by atoms with Gasteiger partial charge in [0.05, 0.1) is 0 Å². The molecular formula is C9H20N2O2. The molecule has 5 N–H and O–H groups in total. The summed E-state index contributed by atoms with van der Waals surface area (Å²) in [5, 5.41) is 8.40. The number of carbonyl (C=O) groups is 1. The van der Waals surface area contributed by atoms with E-state index in [1.54, 1.807) is 0 Å². The highest BCUT2D eigenvalue weighted by Gasteiger charge is 2.04. The fourth-order valence-electron chi connectivity index (χ4n) is 1.18. The van der Waals surface area contributed by atoms with E-state index in [4.69, 9.17) is 16.6 Å². The molecule has 0 heterocycles. The molecule has 0 bridgehead atoms. The van der Waals surface area contributed by atoms with Crippen molar-refractivity contribution < 1.29 is 9.90 Å². The molecular weight excluding hydrogens is 168 g/mol. The maximum Gasteiger partial charge on any atom is 0.303 e. The summed E-state index contributed by atoms with van der Waals surface area (Å²) >= 11 is 0. The first-order valence-electron chi connectivity index (χ1n) is 4.84. The van der Waals surface area contributed by atoms with Gasteiger partial charge in [-0.3, -0.25) is 4.79 Å². The highest BCUT2D eigenvalue weighted by molar-refractivity contribution is 5.66. The summed E-state index contributed by atoms with van der Waals surface area (Å²) in [4.78, 5) is 10.2. The van der Waals surface area contributed by atoms with Crippen molar-refractivity contribution in [1.29, 1.82) is 0 Å². The average molecular weight is 188 g/mol. The zero-order valence-corrected chi connectivity index (χ0v) is 8.04. The van der Waals surface area contributed by atoms with Gasteiger partial charge in [0, 0.05) is 12.5 Å². The van der Waals surface area contributed by atoms with Crippen molar-refractivity contribution in [2.45, 2.75) is 44.6 Å². The normalized spacial score (nSPS) is 12.8. The van der Waals surface area contributed by atoms with Gasteiger partial charge in [-0.05, 0) is 25.8 Å². The highest BCUT2D eigenvalue weighted by atomic mass is 16.4. The van der Waals surface area contributed by atoms with Crippen LogP contribution < -0.4 is 11.5 Å². The van der Waals surface area contributed by atoms with Gasteiger partial charge >= 0.3 is 5.97 Å². The van der Waals surface area contributed by atoms with Gasteiger partial charge in [0.25, 0.3) is 0 Å². The Balaban J connectivity index is 3.19. The second-order valence-corrected chi connectivity index (χ2v) is 3.33. The van der Waals surface area contributed by atoms with Gasteiger partial charge in [0.15, 0.2) is 0 Å². The van der Waals surface area contributed by atoms with Gasteiger partial charge in [0.2, 0.25) is 0 Å². The van der Waals surface area contributed by atoms with Crippen LogP contribution in [-0.4, -0.2) is 23.7 Å². The van der Waals surface area contributed by atoms with Crippen molar-refractivity contribution in [3.8, 4) is 0 Å². The number of unbranched alkanes of at least 4 members (excludes halogenated alkanes) is 2. The van der Waals surface area contributed by atoms with Crippen molar-refractivity contribution >= 4 is 5.97 Å². The number of carboxylic acid groups (broad SMARTS) is 1. The predicted molar refractivity (Wildman–Crippen MR) is 52.4 cm³/mol. The summed E-state index contributed by atoms with van der Waals surface area (Å²) in [6.45, 7) is 0.727. The fourth-order valence-corrected chi connectivity index (χ4v) is 1.18. The Bertz CT molecular complexity index is 140. The molecule has 1 atom stereocenters. The lowest BCUT2D eigenvalue weighted by molar-refractivity contribution is -0.137. The number of carboxylic acids is 1. The van der Waals surface area contributed by atoms with Crippen LogP contribution in [0.1, 0.15) is 38.5 Å². The Labute approximate surface area is 79.3 Å². The van der Waals surface area contributed by atoms with Gasteiger partial charge in [-0.2, -0.15) is 0 Å². The van der Waals surface area contributed by atoms with Crippen LogP contribution in [0, 0.1) is 0 Å². The summed E-state index contributed by atoms with van der Waals surface area (Å²) in [6, 6.07) is 0.0360. The van der Waals surface area contributed by atoms with E-state index in [9.17, 15) is 4.79 Å². The second kappa shape index (κ2) is 8.01. The van der Waals surface area contributed by atoms with Crippen LogP contribution >= 0.6 is 0 Å². The third-order valence-electron chi connectivity index (χ3n) is 2.01. The van der Waals surface area contributed by atoms with Gasteiger partial charge in [-0.25, -0.2) is 0 Å². The largest absolute Gasteiger partial charge is 0.481 e. The van der Waals surface area contributed by atoms with E-state index in [0.717, 1.165) is 32.2 Å². The first kappa shape index (κ1) is 12.4. The summed E-state index contributed by atoms with van der Waals surface area (Å²) < 4.78 is 0. The first-order valence-corrected chi connectivity index (χ1v) is 4.84. The molecule has 0 aromatic heterocycles. The van der Waals surface area contributed by atoms with Crippen LogP contribution in [0.25, 0.3) is 0 Å². The molecule has 0 saturated carbocycles. The van der Waals surface area contributed by atoms with E-state index in [-0.39, 0.29) is 12.5 Å². The van der Waals surface area contributed by atoms with Gasteiger partial charge in [-0.15, -0.1) is 0 Å². The predicted octanol–water partition coefficient (Wildman–Crippen LogP) is 0.698. The third kappa shape index (κ3) is 9.30. The lowest BCUT2D eigenvalue weighted by Crippen LogP contribution is -2.20. The molecule has 0 aliphatic heterocycles. The Hall–Kier alpha value is -0.610. The van der Waals surface area contributed by atoms with Crippen LogP contribution in [0.2, 0.25) is 0 Å². The molecule has 0 aliphatic carbocycles. The summed E-state index contributed by atoms with van der Waals surface area (Å²) in [7, 11) is 0. The lowest BCUT2D eigenvalue weighted by atomic mass is 10.0. The summed E-state index contributed by atoms with van der Waals surface area (Å²) in [6.07, 6.45) is 4.85. The molecule has 0 fully saturated rings. The number of nitrogens with two attached hydrogens (primary N) is 2. The molecule has 0 radical (unpaired) electrons. The smallest absolute Gasteiger partial charge is 0.303 e. The molecule has 0 spiro atoms. The Morgan fingerprint density at radius 2 is 1.92 bits per heavy atom. The number of hydrogen-bond donors (Lipinski definition) is 3. The average Bonchev–Trinajstić information content (AvgIpc) is 2.09. The Morgan fingerprint density at radius 1 is 1.23 bits per heavy atom. The van der Waals surface area contributed by atoms with Crippen molar-refractivity contribution in [2.75, 3.05) is 6.54 Å². The SMILES string of the molecule is NCCCCCC(N)CCC(=O)O. The minimum Gasteiger partial charge on any atom is -0.481 e. The third-order valence-corrected chi connectivity index (χ3v) is 2.01. The molecule has 78 valence electrons. The maximum atomic E-state index is 10.2. The first-order chi connectivity index (χ1) is 6.16. The lowest BCUT2D eigenvalue weighted by Gasteiger charge is -2.08. The molecule has 0 saturated heterocycles. The Kier molecular flexibility index (Phi) is 7.63. The molecule has 0 amide bonds. The Morgan fingerprint density at radius 3 is 2.46 bits per heavy atom. The molecule has 0 aromatic rings. The van der Waals surface area contributed by atoms with Crippen LogP contribution in [0.5, 0.6) is 0 Å². The highest BCUT2D eigenvalue weighted by Crippen LogP contribution is 2.05. The van der Waals surface area contributed by atoms with Crippen molar-refractivity contribution in [3.63, 3.8) is 0 Å². The fraction of sp³-hybridized carbons (Fsp3) is 0.889. The van der Waals surface area contributed by atoms with Gasteiger partial charge in [0.1, 0.15) is 0 Å².